The van der Waals surface area contributed by atoms with Gasteiger partial charge in [0.1, 0.15) is 0 Å². The molecule has 2 aromatic rings. The van der Waals surface area contributed by atoms with Gasteiger partial charge in [0.15, 0.2) is 5.79 Å². The van der Waals surface area contributed by atoms with Gasteiger partial charge in [-0.1, -0.05) is 72.8 Å². The molecule has 0 amide bonds. The minimum absolute atomic E-state index is 0.194. The second-order valence-electron chi connectivity index (χ2n) is 7.73. The van der Waals surface area contributed by atoms with Gasteiger partial charge in [-0.2, -0.15) is 0 Å². The minimum Gasteiger partial charge on any atom is -0.388 e. The van der Waals surface area contributed by atoms with Crippen molar-refractivity contribution in [2.24, 2.45) is 0 Å². The number of ether oxygens (including phenoxy) is 2. The Morgan fingerprint density at radius 1 is 1.04 bits per heavy atom. The number of hydrogen-bond acceptors (Lipinski definition) is 4. The number of rotatable bonds is 6. The maximum Gasteiger partial charge on any atom is 0.196 e. The highest BCUT2D eigenvalue weighted by Crippen LogP contribution is 2.38. The first kappa shape index (κ1) is 19.3. The van der Waals surface area contributed by atoms with Crippen LogP contribution in [0.25, 0.3) is 0 Å². The summed E-state index contributed by atoms with van der Waals surface area (Å²) < 4.78 is 12.3. The molecule has 0 bridgehead atoms. The Bertz CT molecular complexity index is 771. The van der Waals surface area contributed by atoms with Crippen LogP contribution in [0.2, 0.25) is 0 Å². The lowest BCUT2D eigenvalue weighted by molar-refractivity contribution is -0.179. The standard InChI is InChI=1S/C24H29NO3/c1-25-21(17-23(26)19-9-4-2-5-10-19)13-8-14-22(25)18-24(27-15-16-28-24)20-11-6-3-7-12-20/h2-12,14,21-23,26H,13,15-18H2,1H3/t21-,22-,23-/m0/s1. The molecule has 0 radical (unpaired) electrons. The Balaban J connectivity index is 1.48. The van der Waals surface area contributed by atoms with Crippen LogP contribution in [-0.2, 0) is 15.3 Å². The van der Waals surface area contributed by atoms with E-state index in [1.807, 2.05) is 48.5 Å². The summed E-state index contributed by atoms with van der Waals surface area (Å²) in [5.74, 6) is -0.690. The average Bonchev–Trinajstić information content (AvgIpc) is 3.22. The molecular weight excluding hydrogens is 350 g/mol. The Kier molecular flexibility index (Phi) is 5.93. The summed E-state index contributed by atoms with van der Waals surface area (Å²) in [6, 6.07) is 20.6. The fourth-order valence-corrected chi connectivity index (χ4v) is 4.33. The highest BCUT2D eigenvalue weighted by Gasteiger charge is 2.42. The third-order valence-electron chi connectivity index (χ3n) is 5.99. The predicted octanol–water partition coefficient (Wildman–Crippen LogP) is 4.03. The van der Waals surface area contributed by atoms with Crippen molar-refractivity contribution in [3.05, 3.63) is 83.9 Å². The maximum atomic E-state index is 10.7. The largest absolute Gasteiger partial charge is 0.388 e. The van der Waals surface area contributed by atoms with Crippen LogP contribution in [0.15, 0.2) is 72.8 Å². The number of nitrogens with zero attached hydrogens (tertiary/aromatic N) is 1. The molecule has 2 heterocycles. The molecule has 2 aliphatic heterocycles. The normalized spacial score (nSPS) is 25.6. The lowest BCUT2D eigenvalue weighted by Crippen LogP contribution is -2.46. The van der Waals surface area contributed by atoms with Gasteiger partial charge >= 0.3 is 0 Å². The summed E-state index contributed by atoms with van der Waals surface area (Å²) in [5, 5.41) is 10.7. The van der Waals surface area contributed by atoms with Gasteiger partial charge in [-0.3, -0.25) is 4.90 Å². The summed E-state index contributed by atoms with van der Waals surface area (Å²) in [7, 11) is 2.14. The van der Waals surface area contributed by atoms with Crippen LogP contribution in [0.1, 0.15) is 36.5 Å². The van der Waals surface area contributed by atoms with Crippen molar-refractivity contribution in [1.29, 1.82) is 0 Å². The zero-order chi connectivity index (χ0) is 19.4. The van der Waals surface area contributed by atoms with E-state index in [1.165, 1.54) is 0 Å². The molecule has 3 atom stereocenters. The molecule has 148 valence electrons. The van der Waals surface area contributed by atoms with E-state index in [9.17, 15) is 5.11 Å². The van der Waals surface area contributed by atoms with Crippen molar-refractivity contribution in [2.75, 3.05) is 20.3 Å². The van der Waals surface area contributed by atoms with Gasteiger partial charge in [-0.25, -0.2) is 0 Å². The van der Waals surface area contributed by atoms with E-state index in [2.05, 4.69) is 36.2 Å². The van der Waals surface area contributed by atoms with Crippen molar-refractivity contribution < 1.29 is 14.6 Å². The number of aliphatic hydroxyl groups is 1. The molecule has 4 rings (SSSR count). The second-order valence-corrected chi connectivity index (χ2v) is 7.73. The van der Waals surface area contributed by atoms with E-state index >= 15 is 0 Å². The molecule has 28 heavy (non-hydrogen) atoms. The molecule has 1 N–H and O–H groups in total. The second kappa shape index (κ2) is 8.58. The topological polar surface area (TPSA) is 41.9 Å². The molecule has 0 aromatic heterocycles. The van der Waals surface area contributed by atoms with Crippen LogP contribution < -0.4 is 0 Å². The van der Waals surface area contributed by atoms with E-state index in [1.54, 1.807) is 0 Å². The van der Waals surface area contributed by atoms with Gasteiger partial charge in [0.2, 0.25) is 0 Å². The van der Waals surface area contributed by atoms with E-state index in [0.717, 1.165) is 24.0 Å². The quantitative estimate of drug-likeness (QED) is 0.770. The zero-order valence-electron chi connectivity index (χ0n) is 16.4. The predicted molar refractivity (Wildman–Crippen MR) is 110 cm³/mol. The van der Waals surface area contributed by atoms with Crippen LogP contribution >= 0.6 is 0 Å². The van der Waals surface area contributed by atoms with Crippen LogP contribution in [0.3, 0.4) is 0 Å². The van der Waals surface area contributed by atoms with Crippen LogP contribution in [0.4, 0.5) is 0 Å². The Morgan fingerprint density at radius 2 is 1.68 bits per heavy atom. The molecule has 1 saturated heterocycles. The van der Waals surface area contributed by atoms with Gasteiger partial charge in [0.25, 0.3) is 0 Å². The summed E-state index contributed by atoms with van der Waals surface area (Å²) in [4.78, 5) is 2.36. The van der Waals surface area contributed by atoms with Gasteiger partial charge < -0.3 is 14.6 Å². The number of aliphatic hydroxyl groups excluding tert-OH is 1. The van der Waals surface area contributed by atoms with Crippen LogP contribution in [0.5, 0.6) is 0 Å². The highest BCUT2D eigenvalue weighted by molar-refractivity contribution is 5.23. The van der Waals surface area contributed by atoms with Crippen molar-refractivity contribution in [2.45, 2.75) is 43.2 Å². The fourth-order valence-electron chi connectivity index (χ4n) is 4.33. The summed E-state index contributed by atoms with van der Waals surface area (Å²) in [6.07, 6.45) is 6.42. The molecule has 0 spiro atoms. The smallest absolute Gasteiger partial charge is 0.196 e. The Morgan fingerprint density at radius 3 is 2.36 bits per heavy atom. The molecule has 0 aliphatic carbocycles. The third kappa shape index (κ3) is 4.06. The van der Waals surface area contributed by atoms with E-state index in [0.29, 0.717) is 19.6 Å². The van der Waals surface area contributed by atoms with Crippen molar-refractivity contribution >= 4 is 0 Å². The molecule has 2 aliphatic rings. The van der Waals surface area contributed by atoms with Crippen LogP contribution in [0, 0.1) is 0 Å². The van der Waals surface area contributed by atoms with E-state index in [-0.39, 0.29) is 12.1 Å². The lowest BCUT2D eigenvalue weighted by Gasteiger charge is -2.41. The number of likely N-dealkylation sites (N-methyl/N-ethyl adjacent to an activating group) is 1. The van der Waals surface area contributed by atoms with Gasteiger partial charge in [0.05, 0.1) is 19.3 Å². The summed E-state index contributed by atoms with van der Waals surface area (Å²) in [5.41, 5.74) is 2.05. The first-order valence-electron chi connectivity index (χ1n) is 10.1. The first-order valence-corrected chi connectivity index (χ1v) is 10.1. The SMILES string of the molecule is CN1[C@H](C[C@H](O)c2ccccc2)CC=C[C@H]1CC1(c2ccccc2)OCCO1. The number of benzene rings is 2. The van der Waals surface area contributed by atoms with Crippen LogP contribution in [-0.4, -0.2) is 42.4 Å². The van der Waals surface area contributed by atoms with Gasteiger partial charge in [0, 0.05) is 24.1 Å². The van der Waals surface area contributed by atoms with Crippen molar-refractivity contribution in [3.8, 4) is 0 Å². The zero-order valence-corrected chi connectivity index (χ0v) is 16.4. The monoisotopic (exact) mass is 379 g/mol. The molecule has 1 fully saturated rings. The molecule has 4 nitrogen and oxygen atoms in total. The van der Waals surface area contributed by atoms with E-state index < -0.39 is 11.9 Å². The van der Waals surface area contributed by atoms with Crippen molar-refractivity contribution in [3.63, 3.8) is 0 Å². The summed E-state index contributed by atoms with van der Waals surface area (Å²) in [6.45, 7) is 1.23. The Hall–Kier alpha value is -1.98. The lowest BCUT2D eigenvalue weighted by atomic mass is 9.90. The highest BCUT2D eigenvalue weighted by atomic mass is 16.7. The van der Waals surface area contributed by atoms with Gasteiger partial charge in [-0.05, 0) is 25.5 Å². The molecular formula is C24H29NO3. The summed E-state index contributed by atoms with van der Waals surface area (Å²) >= 11 is 0. The van der Waals surface area contributed by atoms with Crippen molar-refractivity contribution in [1.82, 2.24) is 4.90 Å². The molecule has 4 heteroatoms. The van der Waals surface area contributed by atoms with E-state index in [4.69, 9.17) is 9.47 Å². The minimum atomic E-state index is -0.690. The molecule has 2 aromatic carbocycles. The molecule has 0 unspecified atom stereocenters. The molecule has 0 saturated carbocycles. The fraction of sp³-hybridized carbons (Fsp3) is 0.417. The maximum absolute atomic E-state index is 10.7. The average molecular weight is 380 g/mol. The third-order valence-corrected chi connectivity index (χ3v) is 5.99. The van der Waals surface area contributed by atoms with Gasteiger partial charge in [-0.15, -0.1) is 0 Å². The number of hydrogen-bond donors (Lipinski definition) is 1. The Labute approximate surface area is 167 Å². The first-order chi connectivity index (χ1) is 13.7.